The van der Waals surface area contributed by atoms with Gasteiger partial charge >= 0.3 is 11.8 Å². The lowest BCUT2D eigenvalue weighted by atomic mass is 10.1. The Morgan fingerprint density at radius 3 is 2.35 bits per heavy atom. The van der Waals surface area contributed by atoms with Gasteiger partial charge in [-0.25, -0.2) is 0 Å². The molecule has 0 atom stereocenters. The third-order valence-electron chi connectivity index (χ3n) is 3.97. The number of rotatable bonds is 6. The van der Waals surface area contributed by atoms with Crippen LogP contribution in [0.3, 0.4) is 0 Å². The van der Waals surface area contributed by atoms with Crippen molar-refractivity contribution < 1.29 is 14.3 Å². The number of carbonyl (C=O) groups excluding carboxylic acids is 2. The van der Waals surface area contributed by atoms with Gasteiger partial charge in [-0.15, -0.1) is 0 Å². The first-order valence-electron chi connectivity index (χ1n) is 8.50. The standard InChI is InChI=1S/C20H23ClN2O3/c1-4-5-6-14-7-9-15(10-8-14)22-19(24)20(25)23-17-11-13(2)16(21)12-18(17)26-3/h7-12H,4-6H2,1-3H3,(H,22,24)(H,23,25). The summed E-state index contributed by atoms with van der Waals surface area (Å²) in [7, 11) is 1.47. The first-order valence-corrected chi connectivity index (χ1v) is 8.87. The lowest BCUT2D eigenvalue weighted by Gasteiger charge is -2.12. The van der Waals surface area contributed by atoms with E-state index in [1.54, 1.807) is 31.2 Å². The zero-order valence-corrected chi connectivity index (χ0v) is 15.9. The molecule has 2 aromatic carbocycles. The molecule has 138 valence electrons. The summed E-state index contributed by atoms with van der Waals surface area (Å²) in [5.41, 5.74) is 2.94. The van der Waals surface area contributed by atoms with E-state index in [-0.39, 0.29) is 0 Å². The molecule has 5 nitrogen and oxygen atoms in total. The van der Waals surface area contributed by atoms with E-state index in [1.165, 1.54) is 12.7 Å². The predicted octanol–water partition coefficient (Wildman–Crippen LogP) is 4.58. The molecule has 0 saturated heterocycles. The topological polar surface area (TPSA) is 67.4 Å². The highest BCUT2D eigenvalue weighted by Gasteiger charge is 2.17. The maximum absolute atomic E-state index is 12.2. The largest absolute Gasteiger partial charge is 0.495 e. The maximum atomic E-state index is 12.2. The van der Waals surface area contributed by atoms with E-state index in [2.05, 4.69) is 17.6 Å². The van der Waals surface area contributed by atoms with Crippen LogP contribution in [0.4, 0.5) is 11.4 Å². The van der Waals surface area contributed by atoms with E-state index in [0.717, 1.165) is 24.8 Å². The van der Waals surface area contributed by atoms with Crippen LogP contribution in [0, 0.1) is 6.92 Å². The van der Waals surface area contributed by atoms with E-state index >= 15 is 0 Å². The quantitative estimate of drug-likeness (QED) is 0.727. The van der Waals surface area contributed by atoms with Crippen LogP contribution in [0.1, 0.15) is 30.9 Å². The monoisotopic (exact) mass is 374 g/mol. The highest BCUT2D eigenvalue weighted by atomic mass is 35.5. The van der Waals surface area contributed by atoms with E-state index < -0.39 is 11.8 Å². The molecule has 0 saturated carbocycles. The molecule has 0 aromatic heterocycles. The molecule has 2 aromatic rings. The van der Waals surface area contributed by atoms with Crippen molar-refractivity contribution in [2.45, 2.75) is 33.1 Å². The molecular weight excluding hydrogens is 352 g/mol. The molecule has 2 amide bonds. The van der Waals surface area contributed by atoms with Crippen molar-refractivity contribution >= 4 is 34.8 Å². The van der Waals surface area contributed by atoms with E-state index in [9.17, 15) is 9.59 Å². The second kappa shape index (κ2) is 9.25. The van der Waals surface area contributed by atoms with E-state index in [4.69, 9.17) is 16.3 Å². The number of hydrogen-bond donors (Lipinski definition) is 2. The summed E-state index contributed by atoms with van der Waals surface area (Å²) in [6.45, 7) is 3.95. The number of anilines is 2. The third-order valence-corrected chi connectivity index (χ3v) is 4.37. The molecule has 0 aliphatic heterocycles. The Hall–Kier alpha value is -2.53. The first kappa shape index (κ1) is 19.8. The molecule has 0 aliphatic carbocycles. The molecule has 0 radical (unpaired) electrons. The second-order valence-corrected chi connectivity index (χ2v) is 6.42. The fourth-order valence-corrected chi connectivity index (χ4v) is 2.59. The summed E-state index contributed by atoms with van der Waals surface area (Å²) in [5.74, 6) is -1.14. The van der Waals surface area contributed by atoms with Crippen molar-refractivity contribution in [2.75, 3.05) is 17.7 Å². The van der Waals surface area contributed by atoms with Crippen LogP contribution in [0.15, 0.2) is 36.4 Å². The average Bonchev–Trinajstić information content (AvgIpc) is 2.63. The number of ether oxygens (including phenoxy) is 1. The molecule has 0 fully saturated rings. The second-order valence-electron chi connectivity index (χ2n) is 6.01. The van der Waals surface area contributed by atoms with Crippen LogP contribution in [0.2, 0.25) is 5.02 Å². The van der Waals surface area contributed by atoms with Crippen molar-refractivity contribution in [1.29, 1.82) is 0 Å². The molecule has 0 bridgehead atoms. The van der Waals surface area contributed by atoms with Gasteiger partial charge in [-0.3, -0.25) is 9.59 Å². The van der Waals surface area contributed by atoms with Crippen molar-refractivity contribution in [3.63, 3.8) is 0 Å². The SMILES string of the molecule is CCCCc1ccc(NC(=O)C(=O)Nc2cc(C)c(Cl)cc2OC)cc1. The molecule has 2 rings (SSSR count). The summed E-state index contributed by atoms with van der Waals surface area (Å²) in [6, 6.07) is 10.8. The van der Waals surface area contributed by atoms with Gasteiger partial charge in [-0.1, -0.05) is 37.1 Å². The Kier molecular flexibility index (Phi) is 7.04. The van der Waals surface area contributed by atoms with Gasteiger partial charge in [0, 0.05) is 16.8 Å². The number of carbonyl (C=O) groups is 2. The Balaban J connectivity index is 2.02. The average molecular weight is 375 g/mol. The molecule has 26 heavy (non-hydrogen) atoms. The number of amides is 2. The molecule has 0 heterocycles. The van der Waals surface area contributed by atoms with Crippen LogP contribution >= 0.6 is 11.6 Å². The maximum Gasteiger partial charge on any atom is 0.314 e. The van der Waals surface area contributed by atoms with Crippen LogP contribution in [0.25, 0.3) is 0 Å². The minimum absolute atomic E-state index is 0.391. The Morgan fingerprint density at radius 1 is 1.08 bits per heavy atom. The van der Waals surface area contributed by atoms with Gasteiger partial charge in [0.2, 0.25) is 0 Å². The Bertz CT molecular complexity index is 788. The van der Waals surface area contributed by atoms with Gasteiger partial charge in [0.25, 0.3) is 0 Å². The number of aryl methyl sites for hydroxylation is 2. The first-order chi connectivity index (χ1) is 12.4. The lowest BCUT2D eigenvalue weighted by molar-refractivity contribution is -0.133. The number of hydrogen-bond acceptors (Lipinski definition) is 3. The highest BCUT2D eigenvalue weighted by molar-refractivity contribution is 6.43. The minimum atomic E-state index is -0.778. The smallest absolute Gasteiger partial charge is 0.314 e. The molecular formula is C20H23ClN2O3. The number of unbranched alkanes of at least 4 members (excludes halogenated alkanes) is 1. The Labute approximate surface area is 158 Å². The van der Waals surface area contributed by atoms with Crippen molar-refractivity contribution in [2.24, 2.45) is 0 Å². The zero-order chi connectivity index (χ0) is 19.1. The van der Waals surface area contributed by atoms with Crippen LogP contribution in [0.5, 0.6) is 5.75 Å². The van der Waals surface area contributed by atoms with Gasteiger partial charge in [-0.2, -0.15) is 0 Å². The fourth-order valence-electron chi connectivity index (χ4n) is 2.43. The van der Waals surface area contributed by atoms with Crippen molar-refractivity contribution in [3.8, 4) is 5.75 Å². The number of nitrogens with one attached hydrogen (secondary N) is 2. The normalized spacial score (nSPS) is 10.3. The summed E-state index contributed by atoms with van der Waals surface area (Å²) < 4.78 is 5.19. The third kappa shape index (κ3) is 5.23. The van der Waals surface area contributed by atoms with Crippen LogP contribution in [-0.4, -0.2) is 18.9 Å². The molecule has 0 spiro atoms. The summed E-state index contributed by atoms with van der Waals surface area (Å²) in [5, 5.41) is 5.67. The van der Waals surface area contributed by atoms with Crippen LogP contribution < -0.4 is 15.4 Å². The molecule has 6 heteroatoms. The van der Waals surface area contributed by atoms with Gasteiger partial charge in [-0.05, 0) is 49.1 Å². The number of benzene rings is 2. The van der Waals surface area contributed by atoms with Gasteiger partial charge in [0.1, 0.15) is 5.75 Å². The van der Waals surface area contributed by atoms with Crippen molar-refractivity contribution in [1.82, 2.24) is 0 Å². The highest BCUT2D eigenvalue weighted by Crippen LogP contribution is 2.30. The predicted molar refractivity (Wildman–Crippen MR) is 105 cm³/mol. The molecule has 0 unspecified atom stereocenters. The number of halogens is 1. The summed E-state index contributed by atoms with van der Waals surface area (Å²) in [6.07, 6.45) is 3.25. The minimum Gasteiger partial charge on any atom is -0.495 e. The lowest BCUT2D eigenvalue weighted by Crippen LogP contribution is -2.29. The number of methoxy groups -OCH3 is 1. The molecule has 0 aliphatic rings. The zero-order valence-electron chi connectivity index (χ0n) is 15.2. The van der Waals surface area contributed by atoms with Gasteiger partial charge < -0.3 is 15.4 Å². The fraction of sp³-hybridized carbons (Fsp3) is 0.300. The summed E-state index contributed by atoms with van der Waals surface area (Å²) >= 11 is 6.04. The Morgan fingerprint density at radius 2 is 1.73 bits per heavy atom. The molecule has 2 N–H and O–H groups in total. The van der Waals surface area contributed by atoms with Crippen LogP contribution in [-0.2, 0) is 16.0 Å². The summed E-state index contributed by atoms with van der Waals surface area (Å²) in [4.78, 5) is 24.3. The van der Waals surface area contributed by atoms with E-state index in [1.807, 2.05) is 12.1 Å². The van der Waals surface area contributed by atoms with Crippen molar-refractivity contribution in [3.05, 3.63) is 52.5 Å². The van der Waals surface area contributed by atoms with E-state index in [0.29, 0.717) is 22.1 Å². The van der Waals surface area contributed by atoms with Gasteiger partial charge in [0.05, 0.1) is 12.8 Å². The van der Waals surface area contributed by atoms with Gasteiger partial charge in [0.15, 0.2) is 0 Å².